The zero-order valence-corrected chi connectivity index (χ0v) is 26.7. The SMILES string of the molecule is CN(C)C(=O)[C@@H]1C[C@@H](N(C(=O)C2CCCO2)c2ccc(F)cc2F)CN1C(=O)[C@@H]1CN(C(C)(C)C)C[C@H]1c1ccc(Cl)cc1. The molecule has 0 saturated carbocycles. The quantitative estimate of drug-likeness (QED) is 0.463. The van der Waals surface area contributed by atoms with Gasteiger partial charge >= 0.3 is 0 Å². The number of likely N-dealkylation sites (tertiary alicyclic amines) is 2. The van der Waals surface area contributed by atoms with Crippen molar-refractivity contribution in [3.05, 3.63) is 64.7 Å². The molecule has 0 aromatic heterocycles. The Hall–Kier alpha value is -3.08. The molecule has 2 aromatic rings. The summed E-state index contributed by atoms with van der Waals surface area (Å²) < 4.78 is 34.8. The van der Waals surface area contributed by atoms with Gasteiger partial charge in [-0.2, -0.15) is 0 Å². The Labute approximate surface area is 262 Å². The number of nitrogens with zero attached hydrogens (tertiary/aromatic N) is 4. The second-order valence-corrected chi connectivity index (χ2v) is 13.7. The smallest absolute Gasteiger partial charge is 0.256 e. The maximum absolute atomic E-state index is 15.3. The van der Waals surface area contributed by atoms with E-state index >= 15 is 4.39 Å². The molecule has 5 rings (SSSR count). The zero-order chi connectivity index (χ0) is 31.9. The van der Waals surface area contributed by atoms with Gasteiger partial charge in [0.2, 0.25) is 11.8 Å². The molecule has 0 spiro atoms. The van der Waals surface area contributed by atoms with E-state index in [-0.39, 0.29) is 41.9 Å². The van der Waals surface area contributed by atoms with Crippen molar-refractivity contribution in [2.45, 2.75) is 69.7 Å². The summed E-state index contributed by atoms with van der Waals surface area (Å²) in [4.78, 5) is 48.6. The van der Waals surface area contributed by atoms with Gasteiger partial charge in [-0.25, -0.2) is 8.78 Å². The van der Waals surface area contributed by atoms with Crippen LogP contribution >= 0.6 is 11.6 Å². The third kappa shape index (κ3) is 6.48. The highest BCUT2D eigenvalue weighted by molar-refractivity contribution is 6.30. The molecule has 3 fully saturated rings. The van der Waals surface area contributed by atoms with Crippen LogP contribution in [0, 0.1) is 17.6 Å². The van der Waals surface area contributed by atoms with Gasteiger partial charge in [-0.05, 0) is 69.9 Å². The van der Waals surface area contributed by atoms with Crippen molar-refractivity contribution in [3.8, 4) is 0 Å². The zero-order valence-electron chi connectivity index (χ0n) is 25.9. The number of halogens is 3. The van der Waals surface area contributed by atoms with E-state index in [2.05, 4.69) is 25.7 Å². The van der Waals surface area contributed by atoms with Gasteiger partial charge in [0, 0.05) is 62.9 Å². The lowest BCUT2D eigenvalue weighted by Gasteiger charge is -2.33. The number of benzene rings is 2. The van der Waals surface area contributed by atoms with E-state index < -0.39 is 41.6 Å². The molecule has 3 saturated heterocycles. The van der Waals surface area contributed by atoms with Gasteiger partial charge in [0.05, 0.1) is 17.6 Å². The van der Waals surface area contributed by atoms with Crippen molar-refractivity contribution in [1.29, 1.82) is 0 Å². The van der Waals surface area contributed by atoms with Crippen LogP contribution in [-0.2, 0) is 19.1 Å². The van der Waals surface area contributed by atoms with Gasteiger partial charge in [0.1, 0.15) is 23.8 Å². The summed E-state index contributed by atoms with van der Waals surface area (Å²) in [5.74, 6) is -3.19. The normalized spacial score (nSPS) is 25.8. The third-order valence-corrected chi connectivity index (χ3v) is 9.40. The molecule has 0 aliphatic carbocycles. The topological polar surface area (TPSA) is 73.4 Å². The molecule has 11 heteroatoms. The van der Waals surface area contributed by atoms with Crippen LogP contribution in [0.5, 0.6) is 0 Å². The minimum absolute atomic E-state index is 0.0255. The average molecular weight is 631 g/mol. The van der Waals surface area contributed by atoms with E-state index in [1.807, 2.05) is 24.3 Å². The number of rotatable bonds is 6. The standard InChI is InChI=1S/C33H41ClF2N4O4/c1-33(2,3)38-18-24(20-8-10-21(34)11-9-20)25(19-38)30(41)39-17-23(16-28(39)31(42)37(4)5)40(32(43)29-7-6-14-44-29)27-13-12-22(35)15-26(27)36/h8-13,15,23-25,28-29H,6-7,14,16-19H2,1-5H3/t23-,24+,25-,28+,29?/m1/s1. The van der Waals surface area contributed by atoms with Crippen molar-refractivity contribution < 1.29 is 27.9 Å². The van der Waals surface area contributed by atoms with Gasteiger partial charge in [0.25, 0.3) is 5.91 Å². The molecule has 238 valence electrons. The number of likely N-dealkylation sites (N-methyl/N-ethyl adjacent to an activating group) is 1. The van der Waals surface area contributed by atoms with Crippen LogP contribution in [0.15, 0.2) is 42.5 Å². The van der Waals surface area contributed by atoms with Crippen LogP contribution in [0.4, 0.5) is 14.5 Å². The lowest BCUT2D eigenvalue weighted by Crippen LogP contribution is -2.50. The number of ether oxygens (including phenoxy) is 1. The molecule has 44 heavy (non-hydrogen) atoms. The Bertz CT molecular complexity index is 1390. The van der Waals surface area contributed by atoms with E-state index in [1.165, 1.54) is 15.9 Å². The Morgan fingerprint density at radius 2 is 1.68 bits per heavy atom. The molecule has 3 heterocycles. The average Bonchev–Trinajstić information content (AvgIpc) is 3.74. The first kappa shape index (κ1) is 32.3. The highest BCUT2D eigenvalue weighted by atomic mass is 35.5. The molecular weight excluding hydrogens is 590 g/mol. The van der Waals surface area contributed by atoms with E-state index in [0.29, 0.717) is 37.6 Å². The molecular formula is C33H41ClF2N4O4. The number of hydrogen-bond acceptors (Lipinski definition) is 5. The fraction of sp³-hybridized carbons (Fsp3) is 0.545. The minimum atomic E-state index is -0.893. The molecule has 1 unspecified atom stereocenters. The second kappa shape index (κ2) is 12.7. The Balaban J connectivity index is 1.52. The summed E-state index contributed by atoms with van der Waals surface area (Å²) >= 11 is 6.18. The van der Waals surface area contributed by atoms with Crippen molar-refractivity contribution in [3.63, 3.8) is 0 Å². The monoisotopic (exact) mass is 630 g/mol. The Morgan fingerprint density at radius 3 is 2.27 bits per heavy atom. The molecule has 0 radical (unpaired) electrons. The van der Waals surface area contributed by atoms with Crippen molar-refractivity contribution in [1.82, 2.24) is 14.7 Å². The fourth-order valence-electron chi connectivity index (χ4n) is 6.74. The Morgan fingerprint density at radius 1 is 0.977 bits per heavy atom. The minimum Gasteiger partial charge on any atom is -0.368 e. The first-order valence-electron chi connectivity index (χ1n) is 15.2. The van der Waals surface area contributed by atoms with E-state index in [1.54, 1.807) is 19.0 Å². The fourth-order valence-corrected chi connectivity index (χ4v) is 6.86. The largest absolute Gasteiger partial charge is 0.368 e. The van der Waals surface area contributed by atoms with Crippen molar-refractivity contribution in [2.24, 2.45) is 5.92 Å². The molecule has 0 bridgehead atoms. The van der Waals surface area contributed by atoms with Gasteiger partial charge < -0.3 is 19.4 Å². The van der Waals surface area contributed by atoms with Crippen molar-refractivity contribution >= 4 is 35.0 Å². The molecule has 8 nitrogen and oxygen atoms in total. The molecule has 3 aliphatic heterocycles. The van der Waals surface area contributed by atoms with Crippen molar-refractivity contribution in [2.75, 3.05) is 45.2 Å². The molecule has 3 aliphatic rings. The van der Waals surface area contributed by atoms with Crippen LogP contribution in [-0.4, -0.2) is 96.5 Å². The summed E-state index contributed by atoms with van der Waals surface area (Å²) in [6.45, 7) is 7.89. The summed E-state index contributed by atoms with van der Waals surface area (Å²) in [5.41, 5.74) is 0.687. The maximum Gasteiger partial charge on any atom is 0.256 e. The van der Waals surface area contributed by atoms with Crippen LogP contribution in [0.2, 0.25) is 5.02 Å². The molecule has 0 N–H and O–H groups in total. The third-order valence-electron chi connectivity index (χ3n) is 9.15. The van der Waals surface area contributed by atoms with Crippen LogP contribution in [0.1, 0.15) is 51.5 Å². The van der Waals surface area contributed by atoms with E-state index in [4.69, 9.17) is 16.3 Å². The molecule has 3 amide bonds. The summed E-state index contributed by atoms with van der Waals surface area (Å²) in [6.07, 6.45) is 0.489. The molecule has 5 atom stereocenters. The maximum atomic E-state index is 15.3. The first-order chi connectivity index (χ1) is 20.8. The van der Waals surface area contributed by atoms with Gasteiger partial charge in [-0.1, -0.05) is 23.7 Å². The number of hydrogen-bond donors (Lipinski definition) is 0. The summed E-state index contributed by atoms with van der Waals surface area (Å²) in [5, 5.41) is 0.602. The lowest BCUT2D eigenvalue weighted by atomic mass is 9.88. The predicted octanol–water partition coefficient (Wildman–Crippen LogP) is 4.70. The van der Waals surface area contributed by atoms with Crippen LogP contribution in [0.25, 0.3) is 0 Å². The second-order valence-electron chi connectivity index (χ2n) is 13.3. The van der Waals surface area contributed by atoms with Gasteiger partial charge in [0.15, 0.2) is 0 Å². The van der Waals surface area contributed by atoms with E-state index in [0.717, 1.165) is 17.7 Å². The van der Waals surface area contributed by atoms with Crippen LogP contribution in [0.3, 0.4) is 0 Å². The predicted molar refractivity (Wildman–Crippen MR) is 164 cm³/mol. The first-order valence-corrected chi connectivity index (χ1v) is 15.6. The summed E-state index contributed by atoms with van der Waals surface area (Å²) in [7, 11) is 3.25. The lowest BCUT2D eigenvalue weighted by molar-refractivity contribution is -0.144. The Kier molecular flexibility index (Phi) is 9.35. The molecule has 2 aromatic carbocycles. The highest BCUT2D eigenvalue weighted by Crippen LogP contribution is 2.40. The van der Waals surface area contributed by atoms with Gasteiger partial charge in [-0.3, -0.25) is 19.3 Å². The number of amides is 3. The summed E-state index contributed by atoms with van der Waals surface area (Å²) in [6, 6.07) is 9.00. The number of anilines is 1. The number of carbonyl (C=O) groups is 3. The van der Waals surface area contributed by atoms with E-state index in [9.17, 15) is 18.8 Å². The van der Waals surface area contributed by atoms with Crippen LogP contribution < -0.4 is 4.90 Å². The number of carbonyl (C=O) groups excluding carboxylic acids is 3. The van der Waals surface area contributed by atoms with Gasteiger partial charge in [-0.15, -0.1) is 0 Å². The highest BCUT2D eigenvalue weighted by Gasteiger charge is 2.50.